The summed E-state index contributed by atoms with van der Waals surface area (Å²) in [6.45, 7) is 0.391. The van der Waals surface area contributed by atoms with Gasteiger partial charge in [-0.3, -0.25) is 9.59 Å². The molecule has 5 nitrogen and oxygen atoms in total. The van der Waals surface area contributed by atoms with E-state index in [9.17, 15) is 14.0 Å². The van der Waals surface area contributed by atoms with E-state index < -0.39 is 11.7 Å². The quantitative estimate of drug-likeness (QED) is 0.615. The van der Waals surface area contributed by atoms with E-state index in [0.717, 1.165) is 0 Å². The molecule has 2 amide bonds. The van der Waals surface area contributed by atoms with Crippen molar-refractivity contribution in [2.75, 3.05) is 13.1 Å². The van der Waals surface area contributed by atoms with Crippen molar-refractivity contribution in [3.8, 4) is 11.5 Å². The molecular formula is C22H19FN2O3. The molecule has 0 aliphatic carbocycles. The monoisotopic (exact) mass is 378 g/mol. The highest BCUT2D eigenvalue weighted by Gasteiger charge is 2.11. The molecule has 0 aliphatic rings. The molecule has 0 atom stereocenters. The van der Waals surface area contributed by atoms with E-state index in [4.69, 9.17) is 4.74 Å². The predicted molar refractivity (Wildman–Crippen MR) is 104 cm³/mol. The van der Waals surface area contributed by atoms with E-state index in [1.54, 1.807) is 30.3 Å². The first-order chi connectivity index (χ1) is 13.6. The molecule has 3 aromatic carbocycles. The van der Waals surface area contributed by atoms with Gasteiger partial charge in [-0.1, -0.05) is 36.4 Å². The van der Waals surface area contributed by atoms with Gasteiger partial charge in [0.15, 0.2) is 0 Å². The predicted octanol–water partition coefficient (Wildman–Crippen LogP) is 3.78. The van der Waals surface area contributed by atoms with E-state index in [-0.39, 0.29) is 24.6 Å². The molecule has 6 heteroatoms. The molecule has 3 rings (SSSR count). The van der Waals surface area contributed by atoms with Crippen LogP contribution >= 0.6 is 0 Å². The van der Waals surface area contributed by atoms with Crippen LogP contribution in [-0.2, 0) is 0 Å². The lowest BCUT2D eigenvalue weighted by Crippen LogP contribution is -2.35. The van der Waals surface area contributed by atoms with Gasteiger partial charge in [-0.15, -0.1) is 0 Å². The van der Waals surface area contributed by atoms with Crippen LogP contribution in [0.4, 0.5) is 4.39 Å². The Morgan fingerprint density at radius 1 is 0.750 bits per heavy atom. The lowest BCUT2D eigenvalue weighted by Gasteiger charge is -2.09. The SMILES string of the molecule is O=C(NCCNC(=O)c1ccccc1F)c1cccc(Oc2ccccc2)c1. The van der Waals surface area contributed by atoms with Crippen molar-refractivity contribution in [1.82, 2.24) is 10.6 Å². The van der Waals surface area contributed by atoms with Gasteiger partial charge in [0.1, 0.15) is 17.3 Å². The maximum atomic E-state index is 13.6. The van der Waals surface area contributed by atoms with Gasteiger partial charge in [0.25, 0.3) is 11.8 Å². The third kappa shape index (κ3) is 5.17. The lowest BCUT2D eigenvalue weighted by molar-refractivity contribution is 0.0925. The maximum Gasteiger partial charge on any atom is 0.254 e. The molecule has 0 radical (unpaired) electrons. The fraction of sp³-hybridized carbons (Fsp3) is 0.0909. The van der Waals surface area contributed by atoms with Crippen molar-refractivity contribution in [3.05, 3.63) is 95.8 Å². The molecule has 0 aliphatic heterocycles. The highest BCUT2D eigenvalue weighted by molar-refractivity contribution is 5.95. The smallest absolute Gasteiger partial charge is 0.254 e. The molecule has 0 unspecified atom stereocenters. The number of carbonyl (C=O) groups is 2. The van der Waals surface area contributed by atoms with Gasteiger partial charge in [0.05, 0.1) is 5.56 Å². The Morgan fingerprint density at radius 3 is 2.14 bits per heavy atom. The topological polar surface area (TPSA) is 67.4 Å². The Bertz CT molecular complexity index is 961. The third-order valence-electron chi connectivity index (χ3n) is 3.89. The van der Waals surface area contributed by atoms with Crippen molar-refractivity contribution in [2.45, 2.75) is 0 Å². The molecule has 28 heavy (non-hydrogen) atoms. The number of para-hydroxylation sites is 1. The van der Waals surface area contributed by atoms with Crippen LogP contribution in [0.5, 0.6) is 11.5 Å². The molecule has 3 aromatic rings. The highest BCUT2D eigenvalue weighted by Crippen LogP contribution is 2.21. The van der Waals surface area contributed by atoms with Crippen LogP contribution in [0.25, 0.3) is 0 Å². The number of benzene rings is 3. The first-order valence-corrected chi connectivity index (χ1v) is 8.77. The summed E-state index contributed by atoms with van der Waals surface area (Å²) >= 11 is 0. The summed E-state index contributed by atoms with van der Waals surface area (Å²) in [5, 5.41) is 5.28. The number of hydrogen-bond acceptors (Lipinski definition) is 3. The largest absolute Gasteiger partial charge is 0.457 e. The molecule has 0 saturated carbocycles. The van der Waals surface area contributed by atoms with E-state index in [2.05, 4.69) is 10.6 Å². The van der Waals surface area contributed by atoms with Crippen LogP contribution in [0.15, 0.2) is 78.9 Å². The Kier molecular flexibility index (Phi) is 6.36. The molecule has 0 bridgehead atoms. The van der Waals surface area contributed by atoms with Crippen molar-refractivity contribution in [1.29, 1.82) is 0 Å². The Morgan fingerprint density at radius 2 is 1.39 bits per heavy atom. The van der Waals surface area contributed by atoms with E-state index >= 15 is 0 Å². The second kappa shape index (κ2) is 9.32. The first kappa shape index (κ1) is 19.1. The summed E-state index contributed by atoms with van der Waals surface area (Å²) in [5.41, 5.74) is 0.411. The van der Waals surface area contributed by atoms with Gasteiger partial charge >= 0.3 is 0 Å². The summed E-state index contributed by atoms with van der Waals surface area (Å²) in [6, 6.07) is 21.8. The van der Waals surface area contributed by atoms with Crippen molar-refractivity contribution < 1.29 is 18.7 Å². The molecule has 0 saturated heterocycles. The van der Waals surface area contributed by atoms with E-state index in [1.807, 2.05) is 30.3 Å². The Labute approximate surface area is 162 Å². The van der Waals surface area contributed by atoms with Gasteiger partial charge in [0, 0.05) is 18.7 Å². The highest BCUT2D eigenvalue weighted by atomic mass is 19.1. The molecule has 0 aromatic heterocycles. The molecular weight excluding hydrogens is 359 g/mol. The summed E-state index contributed by atoms with van der Waals surface area (Å²) in [7, 11) is 0. The van der Waals surface area contributed by atoms with Gasteiger partial charge in [-0.2, -0.15) is 0 Å². The zero-order chi connectivity index (χ0) is 19.8. The Hall–Kier alpha value is -3.67. The number of rotatable bonds is 7. The minimum absolute atomic E-state index is 0.0282. The maximum absolute atomic E-state index is 13.6. The summed E-state index contributed by atoms with van der Waals surface area (Å²) in [5.74, 6) is -0.175. The van der Waals surface area contributed by atoms with Crippen LogP contribution in [0, 0.1) is 5.82 Å². The molecule has 142 valence electrons. The fourth-order valence-corrected chi connectivity index (χ4v) is 2.52. The number of amides is 2. The number of carbonyl (C=O) groups excluding carboxylic acids is 2. The van der Waals surface area contributed by atoms with Crippen LogP contribution in [0.3, 0.4) is 0 Å². The fourth-order valence-electron chi connectivity index (χ4n) is 2.52. The van der Waals surface area contributed by atoms with Gasteiger partial charge < -0.3 is 15.4 Å². The van der Waals surface area contributed by atoms with E-state index in [0.29, 0.717) is 17.1 Å². The molecule has 0 spiro atoms. The van der Waals surface area contributed by atoms with Crippen LogP contribution in [-0.4, -0.2) is 24.9 Å². The number of hydrogen-bond donors (Lipinski definition) is 2. The second-order valence-corrected chi connectivity index (χ2v) is 5.93. The third-order valence-corrected chi connectivity index (χ3v) is 3.89. The van der Waals surface area contributed by atoms with Crippen LogP contribution < -0.4 is 15.4 Å². The van der Waals surface area contributed by atoms with Crippen LogP contribution in [0.2, 0.25) is 0 Å². The number of nitrogens with one attached hydrogen (secondary N) is 2. The van der Waals surface area contributed by atoms with Crippen molar-refractivity contribution in [3.63, 3.8) is 0 Å². The van der Waals surface area contributed by atoms with E-state index in [1.165, 1.54) is 18.2 Å². The number of halogens is 1. The summed E-state index contributed by atoms with van der Waals surface area (Å²) in [6.07, 6.45) is 0. The normalized spacial score (nSPS) is 10.2. The standard InChI is InChI=1S/C22H19FN2O3/c23-20-12-5-4-11-19(20)22(27)25-14-13-24-21(26)16-7-6-10-18(15-16)28-17-8-2-1-3-9-17/h1-12,15H,13-14H2,(H,24,26)(H,25,27). The summed E-state index contributed by atoms with van der Waals surface area (Å²) in [4.78, 5) is 24.2. The zero-order valence-electron chi connectivity index (χ0n) is 15.0. The minimum atomic E-state index is -0.584. The van der Waals surface area contributed by atoms with Gasteiger partial charge in [0.2, 0.25) is 0 Å². The summed E-state index contributed by atoms with van der Waals surface area (Å²) < 4.78 is 19.3. The van der Waals surface area contributed by atoms with Crippen molar-refractivity contribution >= 4 is 11.8 Å². The molecule has 0 fully saturated rings. The number of ether oxygens (including phenoxy) is 1. The van der Waals surface area contributed by atoms with Gasteiger partial charge in [-0.25, -0.2) is 4.39 Å². The first-order valence-electron chi connectivity index (χ1n) is 8.77. The van der Waals surface area contributed by atoms with Crippen molar-refractivity contribution in [2.24, 2.45) is 0 Å². The van der Waals surface area contributed by atoms with Crippen LogP contribution in [0.1, 0.15) is 20.7 Å². The average Bonchev–Trinajstić information content (AvgIpc) is 2.72. The van der Waals surface area contributed by atoms with Gasteiger partial charge in [-0.05, 0) is 42.5 Å². The Balaban J connectivity index is 1.49. The zero-order valence-corrected chi connectivity index (χ0v) is 15.0. The molecule has 2 N–H and O–H groups in total. The lowest BCUT2D eigenvalue weighted by atomic mass is 10.2. The average molecular weight is 378 g/mol. The minimum Gasteiger partial charge on any atom is -0.457 e. The second-order valence-electron chi connectivity index (χ2n) is 5.93. The molecule has 0 heterocycles.